The molecule has 5 rings (SSSR count). The van der Waals surface area contributed by atoms with E-state index in [0.29, 0.717) is 18.0 Å². The minimum Gasteiger partial charge on any atom is -0.333 e. The van der Waals surface area contributed by atoms with E-state index >= 15 is 0 Å². The second-order valence-corrected chi connectivity index (χ2v) is 8.35. The first-order valence-corrected chi connectivity index (χ1v) is 10.3. The van der Waals surface area contributed by atoms with Crippen LogP contribution in [-0.2, 0) is 7.05 Å². The van der Waals surface area contributed by atoms with Crippen LogP contribution in [0.3, 0.4) is 0 Å². The van der Waals surface area contributed by atoms with Crippen molar-refractivity contribution in [3.63, 3.8) is 0 Å². The maximum atomic E-state index is 13.8. The summed E-state index contributed by atoms with van der Waals surface area (Å²) in [5, 5.41) is 5.45. The molecule has 28 heavy (non-hydrogen) atoms. The molecule has 2 aromatic heterocycles. The van der Waals surface area contributed by atoms with Crippen molar-refractivity contribution >= 4 is 16.9 Å². The van der Waals surface area contributed by atoms with E-state index in [1.54, 1.807) is 4.68 Å². The van der Waals surface area contributed by atoms with Crippen LogP contribution in [0.15, 0.2) is 36.4 Å². The number of benzene rings is 1. The van der Waals surface area contributed by atoms with Gasteiger partial charge in [-0.1, -0.05) is 30.3 Å². The quantitative estimate of drug-likeness (QED) is 0.667. The molecular weight excluding hydrogens is 348 g/mol. The van der Waals surface area contributed by atoms with Crippen molar-refractivity contribution < 1.29 is 4.79 Å². The molecule has 144 valence electrons. The molecular formula is C23H26N4O. The number of carbonyl (C=O) groups is 1. The van der Waals surface area contributed by atoms with Gasteiger partial charge in [0.05, 0.1) is 22.3 Å². The fourth-order valence-corrected chi connectivity index (χ4v) is 4.35. The normalized spacial score (nSPS) is 17.7. The summed E-state index contributed by atoms with van der Waals surface area (Å²) in [7, 11) is 1.90. The lowest BCUT2D eigenvalue weighted by Gasteiger charge is -2.30. The van der Waals surface area contributed by atoms with Crippen LogP contribution in [0.25, 0.3) is 22.3 Å². The zero-order valence-corrected chi connectivity index (χ0v) is 16.7. The largest absolute Gasteiger partial charge is 0.333 e. The van der Waals surface area contributed by atoms with Crippen molar-refractivity contribution in [1.29, 1.82) is 0 Å². The number of fused-ring (bicyclic) bond motifs is 1. The van der Waals surface area contributed by atoms with Crippen molar-refractivity contribution in [1.82, 2.24) is 19.7 Å². The van der Waals surface area contributed by atoms with Crippen molar-refractivity contribution in [2.75, 3.05) is 0 Å². The van der Waals surface area contributed by atoms with Gasteiger partial charge in [-0.15, -0.1) is 0 Å². The first-order valence-electron chi connectivity index (χ1n) is 10.3. The fraction of sp³-hybridized carbons (Fsp3) is 0.435. The highest BCUT2D eigenvalue weighted by atomic mass is 16.2. The predicted octanol–water partition coefficient (Wildman–Crippen LogP) is 4.35. The van der Waals surface area contributed by atoms with E-state index in [2.05, 4.69) is 16.9 Å². The summed E-state index contributed by atoms with van der Waals surface area (Å²) < 4.78 is 1.79. The highest BCUT2D eigenvalue weighted by Gasteiger charge is 2.42. The van der Waals surface area contributed by atoms with E-state index in [0.717, 1.165) is 46.4 Å². The molecule has 0 saturated heterocycles. The van der Waals surface area contributed by atoms with E-state index in [1.165, 1.54) is 12.8 Å². The van der Waals surface area contributed by atoms with E-state index in [4.69, 9.17) is 4.98 Å². The number of aryl methyl sites for hydroxylation is 2. The van der Waals surface area contributed by atoms with Gasteiger partial charge in [0.1, 0.15) is 0 Å². The van der Waals surface area contributed by atoms with Crippen molar-refractivity contribution in [2.24, 2.45) is 13.0 Å². The molecule has 5 heteroatoms. The molecule has 0 N–H and O–H groups in total. The molecule has 1 amide bonds. The standard InChI is InChI=1S/C23H26N4O/c1-14-21-19(23(28)27(18-11-12-18)15(2)16-9-10-16)13-20(17-7-5-4-6-8-17)24-22(21)26(3)25-14/h4-8,13,15-16,18H,9-12H2,1-3H3/t15-/m0/s1. The Labute approximate surface area is 165 Å². The lowest BCUT2D eigenvalue weighted by atomic mass is 10.0. The summed E-state index contributed by atoms with van der Waals surface area (Å²) in [5.41, 5.74) is 4.23. The molecule has 2 aliphatic carbocycles. The summed E-state index contributed by atoms with van der Waals surface area (Å²) >= 11 is 0. The maximum absolute atomic E-state index is 13.8. The lowest BCUT2D eigenvalue weighted by molar-refractivity contribution is 0.0656. The van der Waals surface area contributed by atoms with Gasteiger partial charge >= 0.3 is 0 Å². The molecule has 0 bridgehead atoms. The number of hydrogen-bond donors (Lipinski definition) is 0. The maximum Gasteiger partial charge on any atom is 0.255 e. The summed E-state index contributed by atoms with van der Waals surface area (Å²) in [4.78, 5) is 20.8. The third-order valence-electron chi connectivity index (χ3n) is 6.19. The first-order chi connectivity index (χ1) is 13.5. The van der Waals surface area contributed by atoms with Gasteiger partial charge in [0, 0.05) is 24.7 Å². The van der Waals surface area contributed by atoms with Gasteiger partial charge in [0.25, 0.3) is 5.91 Å². The van der Waals surface area contributed by atoms with Gasteiger partial charge in [-0.25, -0.2) is 4.98 Å². The Morgan fingerprint density at radius 1 is 1.18 bits per heavy atom. The third kappa shape index (κ3) is 2.89. The summed E-state index contributed by atoms with van der Waals surface area (Å²) in [6.07, 6.45) is 4.72. The van der Waals surface area contributed by atoms with Crippen LogP contribution >= 0.6 is 0 Å². The van der Waals surface area contributed by atoms with Gasteiger partial charge in [-0.3, -0.25) is 9.48 Å². The Morgan fingerprint density at radius 2 is 1.89 bits per heavy atom. The topological polar surface area (TPSA) is 51.0 Å². The Bertz CT molecular complexity index is 1050. The molecule has 0 aliphatic heterocycles. The van der Waals surface area contributed by atoms with Crippen LogP contribution in [0.5, 0.6) is 0 Å². The van der Waals surface area contributed by atoms with Crippen LogP contribution in [0.2, 0.25) is 0 Å². The van der Waals surface area contributed by atoms with E-state index in [9.17, 15) is 4.79 Å². The fourth-order valence-electron chi connectivity index (χ4n) is 4.35. The first kappa shape index (κ1) is 17.4. The van der Waals surface area contributed by atoms with E-state index in [-0.39, 0.29) is 5.91 Å². The average molecular weight is 374 g/mol. The van der Waals surface area contributed by atoms with Crippen LogP contribution in [0.1, 0.15) is 48.7 Å². The van der Waals surface area contributed by atoms with Crippen molar-refractivity contribution in [2.45, 2.75) is 51.6 Å². The second-order valence-electron chi connectivity index (χ2n) is 8.35. The summed E-state index contributed by atoms with van der Waals surface area (Å²) in [5.74, 6) is 0.799. The molecule has 1 aromatic carbocycles. The molecule has 3 aromatic rings. The zero-order chi connectivity index (χ0) is 19.4. The van der Waals surface area contributed by atoms with Crippen LogP contribution in [-0.4, -0.2) is 37.7 Å². The van der Waals surface area contributed by atoms with Gasteiger partial charge in [0.2, 0.25) is 0 Å². The summed E-state index contributed by atoms with van der Waals surface area (Å²) in [6.45, 7) is 4.19. The van der Waals surface area contributed by atoms with Crippen molar-refractivity contribution in [3.05, 3.63) is 47.7 Å². The van der Waals surface area contributed by atoms with Gasteiger partial charge in [-0.05, 0) is 51.5 Å². The molecule has 0 spiro atoms. The van der Waals surface area contributed by atoms with E-state index < -0.39 is 0 Å². The summed E-state index contributed by atoms with van der Waals surface area (Å²) in [6, 6.07) is 12.8. The lowest BCUT2D eigenvalue weighted by Crippen LogP contribution is -2.41. The molecule has 5 nitrogen and oxygen atoms in total. The minimum atomic E-state index is 0.141. The van der Waals surface area contributed by atoms with Crippen molar-refractivity contribution in [3.8, 4) is 11.3 Å². The molecule has 1 atom stereocenters. The second kappa shape index (κ2) is 6.43. The van der Waals surface area contributed by atoms with Crippen LogP contribution in [0, 0.1) is 12.8 Å². The Kier molecular flexibility index (Phi) is 4.00. The predicted molar refractivity (Wildman–Crippen MR) is 110 cm³/mol. The molecule has 2 aliphatic rings. The number of hydrogen-bond acceptors (Lipinski definition) is 3. The number of rotatable bonds is 5. The SMILES string of the molecule is Cc1nn(C)c2nc(-c3ccccc3)cc(C(=O)N(C3CC3)[C@@H](C)C3CC3)c12. The molecule has 2 fully saturated rings. The molecule has 2 heterocycles. The number of nitrogens with zero attached hydrogens (tertiary/aromatic N) is 4. The highest BCUT2D eigenvalue weighted by Crippen LogP contribution is 2.41. The number of aromatic nitrogens is 3. The zero-order valence-electron chi connectivity index (χ0n) is 16.7. The number of pyridine rings is 1. The number of carbonyl (C=O) groups excluding carboxylic acids is 1. The molecule has 2 saturated carbocycles. The average Bonchev–Trinajstić information content (AvgIpc) is 3.61. The Hall–Kier alpha value is -2.69. The third-order valence-corrected chi connectivity index (χ3v) is 6.19. The van der Waals surface area contributed by atoms with Crippen LogP contribution in [0.4, 0.5) is 0 Å². The number of amides is 1. The van der Waals surface area contributed by atoms with E-state index in [1.807, 2.05) is 50.4 Å². The van der Waals surface area contributed by atoms with Gasteiger partial charge in [0.15, 0.2) is 5.65 Å². The highest BCUT2D eigenvalue weighted by molar-refractivity contribution is 6.07. The molecule has 0 radical (unpaired) electrons. The Morgan fingerprint density at radius 3 is 2.54 bits per heavy atom. The smallest absolute Gasteiger partial charge is 0.255 e. The minimum absolute atomic E-state index is 0.141. The molecule has 0 unspecified atom stereocenters. The Balaban J connectivity index is 1.67. The van der Waals surface area contributed by atoms with Gasteiger partial charge in [-0.2, -0.15) is 5.10 Å². The monoisotopic (exact) mass is 374 g/mol. The van der Waals surface area contributed by atoms with Gasteiger partial charge < -0.3 is 4.90 Å². The van der Waals surface area contributed by atoms with Crippen LogP contribution < -0.4 is 0 Å².